The van der Waals surface area contributed by atoms with Crippen molar-refractivity contribution in [3.8, 4) is 44.5 Å². The summed E-state index contributed by atoms with van der Waals surface area (Å²) in [5.74, 6) is 0. The first-order chi connectivity index (χ1) is 69.4. The number of hydrogen-bond acceptors (Lipinski definition) is 8. The molecule has 24 aromatic carbocycles. The van der Waals surface area contributed by atoms with Gasteiger partial charge in [-0.2, -0.15) is 0 Å². The number of hydrogen-bond donors (Lipinski definition) is 0. The highest BCUT2D eigenvalue weighted by molar-refractivity contribution is 6.30. The Balaban J connectivity index is 0.000000105. The van der Waals surface area contributed by atoms with Gasteiger partial charge in [-0.05, 0) is 257 Å². The topological polar surface area (TPSA) is 75.4 Å². The molecule has 0 aliphatic rings. The molecule has 0 aliphatic carbocycles. The number of para-hydroxylation sites is 5. The van der Waals surface area contributed by atoms with Crippen LogP contribution in [0, 0.1) is 0 Å². The van der Waals surface area contributed by atoms with Crippen molar-refractivity contribution < 1.29 is 22.1 Å². The highest BCUT2D eigenvalue weighted by Crippen LogP contribution is 2.50. The zero-order chi connectivity index (χ0) is 92.2. The van der Waals surface area contributed by atoms with Crippen LogP contribution in [-0.2, 0) is 0 Å². The van der Waals surface area contributed by atoms with Crippen LogP contribution in [-0.4, -0.2) is 0 Å². The summed E-state index contributed by atoms with van der Waals surface area (Å²) in [6, 6.07) is 179. The van der Waals surface area contributed by atoms with Gasteiger partial charge in [-0.1, -0.05) is 334 Å². The van der Waals surface area contributed by atoms with Crippen molar-refractivity contribution in [3.63, 3.8) is 0 Å². The van der Waals surface area contributed by atoms with E-state index in [9.17, 15) is 0 Å². The normalized spacial score (nSPS) is 11.7. The van der Waals surface area contributed by atoms with E-state index < -0.39 is 0 Å². The molecule has 0 bridgehead atoms. The van der Waals surface area contributed by atoms with Crippen LogP contribution in [0.4, 0.5) is 51.2 Å². The highest BCUT2D eigenvalue weighted by Gasteiger charge is 2.25. The predicted octanol–water partition coefficient (Wildman–Crippen LogP) is 38.6. The van der Waals surface area contributed by atoms with E-state index in [1.165, 1.54) is 115 Å². The Morgan fingerprint density at radius 1 is 0.107 bits per heavy atom. The van der Waals surface area contributed by atoms with Gasteiger partial charge >= 0.3 is 0 Å². The van der Waals surface area contributed by atoms with E-state index in [1.807, 2.05) is 54.6 Å². The summed E-state index contributed by atoms with van der Waals surface area (Å²) in [4.78, 5) is 7.03. The van der Waals surface area contributed by atoms with Gasteiger partial charge in [0, 0.05) is 127 Å². The van der Waals surface area contributed by atoms with Crippen molar-refractivity contribution in [1.29, 1.82) is 0 Å². The molecular formula is C132H83N3O5. The molecule has 8 heteroatoms. The summed E-state index contributed by atoms with van der Waals surface area (Å²) in [6.45, 7) is 0. The third-order valence-electron chi connectivity index (χ3n) is 27.9. The van der Waals surface area contributed by atoms with Crippen LogP contribution in [0.5, 0.6) is 0 Å². The third kappa shape index (κ3) is 14.1. The van der Waals surface area contributed by atoms with Gasteiger partial charge in [-0.3, -0.25) is 0 Å². The lowest BCUT2D eigenvalue weighted by molar-refractivity contribution is 0.668. The minimum absolute atomic E-state index is 0.868. The molecule has 0 amide bonds. The second-order valence-corrected chi connectivity index (χ2v) is 36.0. The second-order valence-electron chi connectivity index (χ2n) is 36.0. The smallest absolute Gasteiger partial charge is 0.137 e. The van der Waals surface area contributed by atoms with Gasteiger partial charge in [0.25, 0.3) is 0 Å². The fourth-order valence-electron chi connectivity index (χ4n) is 21.2. The molecule has 0 N–H and O–H groups in total. The number of furan rings is 5. The Kier molecular flexibility index (Phi) is 19.5. The quantitative estimate of drug-likeness (QED) is 0.106. The fraction of sp³-hybridized carbons (Fsp3) is 0. The minimum atomic E-state index is 0.868. The first kappa shape index (κ1) is 80.9. The van der Waals surface area contributed by atoms with E-state index in [2.05, 4.69) is 464 Å². The van der Waals surface area contributed by atoms with Gasteiger partial charge in [0.15, 0.2) is 0 Å². The molecule has 0 aliphatic heterocycles. The largest absolute Gasteiger partial charge is 0.456 e. The number of nitrogens with zero attached hydrogens (tertiary/aromatic N) is 3. The van der Waals surface area contributed by atoms with Gasteiger partial charge in [0.1, 0.15) is 55.8 Å². The highest BCUT2D eigenvalue weighted by atomic mass is 16.3. The van der Waals surface area contributed by atoms with E-state index in [0.717, 1.165) is 155 Å². The van der Waals surface area contributed by atoms with E-state index in [4.69, 9.17) is 22.1 Å². The number of anilines is 9. The lowest BCUT2D eigenvalue weighted by Gasteiger charge is -2.26. The molecule has 5 aromatic heterocycles. The SMILES string of the molecule is c1ccc(-c2ccc(N(c3ccc(-c4ccccc4)cc3)c3ccc4ccc5ccc6oc7ccccc7c6c5c4c3)cc2)cc1.c1ccc(-c2ccc(N(c3ccc4c(c3)oc3ccccc34)c3ccc4ccc5ccc6oc7ccccc7c6c5c4c3)cc2)cc1.c1ccc(-c2ccc(N(c3ccc4oc5ccccc5c4c3)c3ccc4ccc5ccc6oc7ccccc7c6c5c4c3)cc2)cc1. The van der Waals surface area contributed by atoms with Crippen LogP contribution in [0.3, 0.4) is 0 Å². The summed E-state index contributed by atoms with van der Waals surface area (Å²) in [5.41, 5.74) is 28.3. The molecule has 0 unspecified atom stereocenters. The summed E-state index contributed by atoms with van der Waals surface area (Å²) < 4.78 is 31.5. The van der Waals surface area contributed by atoms with Gasteiger partial charge < -0.3 is 36.8 Å². The van der Waals surface area contributed by atoms with E-state index in [0.29, 0.717) is 0 Å². The molecule has 656 valence electrons. The standard InChI is InChI=1S/2C44H27NO2.C44H29NO/c1-2-8-28(9-3-1)29-16-20-32(21-17-29)45(34-23-24-36-35-10-4-6-12-39(35)47-42(36)27-34)33-22-18-30-14-15-31-19-25-41-44(43(31)38(30)26-33)37-11-5-7-13-40(37)46-41;1-2-8-28(9-3-1)29-16-20-32(21-17-29)45(34-23-25-41-38(27-34)35-10-4-6-12-39(35)46-41)33-22-18-30-14-15-31-19-24-42-44(43(31)37(30)26-33)36-11-5-7-13-40(36)47-42;1-3-9-30(10-4-1)32-17-23-36(24-18-32)45(37-25-19-33(20-26-37)31-11-5-2-6-12-31)38-27-21-34-15-16-35-22-28-42-44(43(35)40(34)29-38)39-13-7-8-14-41(39)46-42/h2*1-27H;1-29H. The predicted molar refractivity (Wildman–Crippen MR) is 587 cm³/mol. The van der Waals surface area contributed by atoms with Gasteiger partial charge in [-0.25, -0.2) is 0 Å². The molecule has 0 radical (unpaired) electrons. The average molecular weight is 1790 g/mol. The molecular weight excluding hydrogens is 1710 g/mol. The molecule has 0 atom stereocenters. The summed E-state index contributed by atoms with van der Waals surface area (Å²) in [6.07, 6.45) is 0. The monoisotopic (exact) mass is 1790 g/mol. The number of rotatable bonds is 13. The Morgan fingerprint density at radius 2 is 0.307 bits per heavy atom. The number of benzene rings is 24. The summed E-state index contributed by atoms with van der Waals surface area (Å²) >= 11 is 0. The van der Waals surface area contributed by atoms with E-state index >= 15 is 0 Å². The minimum Gasteiger partial charge on any atom is -0.456 e. The maximum atomic E-state index is 6.36. The van der Waals surface area contributed by atoms with Crippen LogP contribution < -0.4 is 14.7 Å². The second kappa shape index (κ2) is 33.7. The lowest BCUT2D eigenvalue weighted by atomic mass is 9.96. The van der Waals surface area contributed by atoms with E-state index in [-0.39, 0.29) is 0 Å². The Bertz CT molecular complexity index is 9790. The lowest BCUT2D eigenvalue weighted by Crippen LogP contribution is -2.09. The average Bonchev–Trinajstić information content (AvgIpc) is 1.52. The molecule has 0 saturated heterocycles. The van der Waals surface area contributed by atoms with Crippen molar-refractivity contribution in [1.82, 2.24) is 0 Å². The van der Waals surface area contributed by atoms with Crippen molar-refractivity contribution >= 4 is 226 Å². The summed E-state index contributed by atoms with van der Waals surface area (Å²) in [7, 11) is 0. The van der Waals surface area contributed by atoms with Crippen LogP contribution in [0.2, 0.25) is 0 Å². The Morgan fingerprint density at radius 3 is 0.650 bits per heavy atom. The number of fused-ring (bicyclic) bond motifs is 27. The Hall–Kier alpha value is -18.8. The van der Waals surface area contributed by atoms with Gasteiger partial charge in [-0.15, -0.1) is 0 Å². The van der Waals surface area contributed by atoms with E-state index in [1.54, 1.807) is 0 Å². The molecule has 140 heavy (non-hydrogen) atoms. The molecule has 29 rings (SSSR count). The fourth-order valence-corrected chi connectivity index (χ4v) is 21.2. The van der Waals surface area contributed by atoms with Crippen molar-refractivity contribution in [3.05, 3.63) is 504 Å². The molecule has 5 heterocycles. The van der Waals surface area contributed by atoms with Crippen molar-refractivity contribution in [2.24, 2.45) is 0 Å². The van der Waals surface area contributed by atoms with Crippen molar-refractivity contribution in [2.75, 3.05) is 14.7 Å². The summed E-state index contributed by atoms with van der Waals surface area (Å²) in [5, 5.41) is 25.7. The maximum Gasteiger partial charge on any atom is 0.137 e. The Labute approximate surface area is 804 Å². The van der Waals surface area contributed by atoms with Crippen LogP contribution in [0.1, 0.15) is 0 Å². The van der Waals surface area contributed by atoms with Crippen LogP contribution >= 0.6 is 0 Å². The van der Waals surface area contributed by atoms with Gasteiger partial charge in [0.2, 0.25) is 0 Å². The molecule has 0 saturated carbocycles. The molecule has 0 fully saturated rings. The first-order valence-electron chi connectivity index (χ1n) is 47.5. The molecule has 8 nitrogen and oxygen atoms in total. The van der Waals surface area contributed by atoms with Crippen molar-refractivity contribution in [2.45, 2.75) is 0 Å². The molecule has 29 aromatic rings. The zero-order valence-corrected chi connectivity index (χ0v) is 75.8. The first-order valence-corrected chi connectivity index (χ1v) is 47.5. The van der Waals surface area contributed by atoms with Crippen LogP contribution in [0.15, 0.2) is 526 Å². The zero-order valence-electron chi connectivity index (χ0n) is 75.8. The van der Waals surface area contributed by atoms with Crippen LogP contribution in [0.25, 0.3) is 219 Å². The van der Waals surface area contributed by atoms with Gasteiger partial charge in [0.05, 0.1) is 0 Å². The maximum absolute atomic E-state index is 6.36. The third-order valence-corrected chi connectivity index (χ3v) is 27.9. The molecule has 0 spiro atoms.